The standard InChI is InChI=1S/C26H26N4O4/c1-2-28-24(32)21-7-4-8-22(14-21)26(34)30-16-18-11-9-17(10-12-18)15-29-25(33)20-6-3-5-19(13-20)23(27)31/h3-14H,2,15-16H2,1H3,(H2,27,31)(H,28,32)(H,29,33)(H,30,34). The number of benzene rings is 3. The summed E-state index contributed by atoms with van der Waals surface area (Å²) in [6.45, 7) is 2.96. The topological polar surface area (TPSA) is 130 Å². The molecule has 0 aliphatic heterocycles. The van der Waals surface area contributed by atoms with Gasteiger partial charge in [0.2, 0.25) is 5.91 Å². The number of rotatable bonds is 9. The summed E-state index contributed by atoms with van der Waals surface area (Å²) in [4.78, 5) is 48.1. The van der Waals surface area contributed by atoms with Gasteiger partial charge in [-0.3, -0.25) is 19.2 Å². The van der Waals surface area contributed by atoms with Crippen LogP contribution in [0.4, 0.5) is 0 Å². The zero-order chi connectivity index (χ0) is 24.5. The highest BCUT2D eigenvalue weighted by Gasteiger charge is 2.11. The highest BCUT2D eigenvalue weighted by atomic mass is 16.2. The number of hydrogen-bond acceptors (Lipinski definition) is 4. The number of amides is 4. The molecular formula is C26H26N4O4. The third-order valence-corrected chi connectivity index (χ3v) is 5.06. The molecule has 5 N–H and O–H groups in total. The molecule has 0 aliphatic rings. The van der Waals surface area contributed by atoms with Gasteiger partial charge >= 0.3 is 0 Å². The van der Waals surface area contributed by atoms with Crippen LogP contribution in [0.3, 0.4) is 0 Å². The van der Waals surface area contributed by atoms with Gasteiger partial charge in [0.25, 0.3) is 17.7 Å². The molecule has 0 spiro atoms. The first-order valence-electron chi connectivity index (χ1n) is 10.8. The smallest absolute Gasteiger partial charge is 0.251 e. The number of nitrogens with two attached hydrogens (primary N) is 1. The summed E-state index contributed by atoms with van der Waals surface area (Å²) in [6, 6.07) is 20.2. The van der Waals surface area contributed by atoms with E-state index in [9.17, 15) is 19.2 Å². The maximum absolute atomic E-state index is 12.5. The van der Waals surface area contributed by atoms with Crippen molar-refractivity contribution in [3.63, 3.8) is 0 Å². The fourth-order valence-electron chi connectivity index (χ4n) is 3.22. The molecule has 0 aliphatic carbocycles. The molecule has 0 saturated carbocycles. The molecular weight excluding hydrogens is 432 g/mol. The highest BCUT2D eigenvalue weighted by Crippen LogP contribution is 2.09. The Labute approximate surface area is 197 Å². The Morgan fingerprint density at radius 2 is 1.00 bits per heavy atom. The van der Waals surface area contributed by atoms with Gasteiger partial charge in [-0.05, 0) is 54.4 Å². The number of carbonyl (C=O) groups excluding carboxylic acids is 4. The second-order valence-electron chi connectivity index (χ2n) is 7.57. The lowest BCUT2D eigenvalue weighted by molar-refractivity contribution is 0.0939. The summed E-state index contributed by atoms with van der Waals surface area (Å²) in [7, 11) is 0. The van der Waals surface area contributed by atoms with Gasteiger partial charge in [-0.25, -0.2) is 0 Å². The summed E-state index contributed by atoms with van der Waals surface area (Å²) < 4.78 is 0. The molecule has 8 heteroatoms. The first-order chi connectivity index (χ1) is 16.4. The first kappa shape index (κ1) is 24.2. The zero-order valence-corrected chi connectivity index (χ0v) is 18.8. The summed E-state index contributed by atoms with van der Waals surface area (Å²) in [5, 5.41) is 8.35. The van der Waals surface area contributed by atoms with E-state index < -0.39 is 5.91 Å². The van der Waals surface area contributed by atoms with Crippen molar-refractivity contribution in [2.24, 2.45) is 5.73 Å². The third-order valence-electron chi connectivity index (χ3n) is 5.06. The third kappa shape index (κ3) is 6.52. The molecule has 0 heterocycles. The average molecular weight is 459 g/mol. The Hall–Kier alpha value is -4.46. The molecule has 3 rings (SSSR count). The fourth-order valence-corrected chi connectivity index (χ4v) is 3.22. The van der Waals surface area contributed by atoms with E-state index in [1.807, 2.05) is 31.2 Å². The Morgan fingerprint density at radius 3 is 1.41 bits per heavy atom. The van der Waals surface area contributed by atoms with Gasteiger partial charge < -0.3 is 21.7 Å². The van der Waals surface area contributed by atoms with Crippen LogP contribution in [0.1, 0.15) is 59.5 Å². The summed E-state index contributed by atoms with van der Waals surface area (Å²) in [5.74, 6) is -1.40. The Balaban J connectivity index is 1.52. The first-order valence-corrected chi connectivity index (χ1v) is 10.8. The van der Waals surface area contributed by atoms with Gasteiger partial charge in [0.15, 0.2) is 0 Å². The van der Waals surface area contributed by atoms with E-state index in [1.54, 1.807) is 42.5 Å². The van der Waals surface area contributed by atoms with E-state index in [0.29, 0.717) is 36.3 Å². The van der Waals surface area contributed by atoms with Crippen molar-refractivity contribution in [3.05, 3.63) is 106 Å². The van der Waals surface area contributed by atoms with Crippen LogP contribution in [0.5, 0.6) is 0 Å². The number of carbonyl (C=O) groups is 4. The van der Waals surface area contributed by atoms with Gasteiger partial charge in [-0.1, -0.05) is 36.4 Å². The molecule has 0 bridgehead atoms. The molecule has 0 aromatic heterocycles. The summed E-state index contributed by atoms with van der Waals surface area (Å²) in [6.07, 6.45) is 0. The van der Waals surface area contributed by atoms with Crippen molar-refractivity contribution >= 4 is 23.6 Å². The molecule has 174 valence electrons. The van der Waals surface area contributed by atoms with E-state index in [0.717, 1.165) is 11.1 Å². The normalized spacial score (nSPS) is 10.3. The molecule has 0 unspecified atom stereocenters. The molecule has 8 nitrogen and oxygen atoms in total. The number of primary amides is 1. The predicted molar refractivity (Wildman–Crippen MR) is 128 cm³/mol. The maximum Gasteiger partial charge on any atom is 0.251 e. The van der Waals surface area contributed by atoms with Crippen LogP contribution >= 0.6 is 0 Å². The van der Waals surface area contributed by atoms with Gasteiger partial charge in [0.05, 0.1) is 0 Å². The van der Waals surface area contributed by atoms with Crippen molar-refractivity contribution in [3.8, 4) is 0 Å². The van der Waals surface area contributed by atoms with Gasteiger partial charge in [0.1, 0.15) is 0 Å². The van der Waals surface area contributed by atoms with Crippen LogP contribution in [0.2, 0.25) is 0 Å². The quantitative estimate of drug-likeness (QED) is 0.392. The van der Waals surface area contributed by atoms with Crippen molar-refractivity contribution in [1.29, 1.82) is 0 Å². The molecule has 0 fully saturated rings. The van der Waals surface area contributed by atoms with E-state index in [-0.39, 0.29) is 23.3 Å². The number of nitrogens with one attached hydrogen (secondary N) is 3. The average Bonchev–Trinajstić information content (AvgIpc) is 2.86. The second-order valence-corrected chi connectivity index (χ2v) is 7.57. The van der Waals surface area contributed by atoms with Gasteiger partial charge in [-0.15, -0.1) is 0 Å². The van der Waals surface area contributed by atoms with Crippen molar-refractivity contribution < 1.29 is 19.2 Å². The molecule has 3 aromatic carbocycles. The lowest BCUT2D eigenvalue weighted by Crippen LogP contribution is -2.25. The molecule has 0 radical (unpaired) electrons. The molecule has 4 amide bonds. The predicted octanol–water partition coefficient (Wildman–Crippen LogP) is 2.40. The van der Waals surface area contributed by atoms with E-state index in [1.165, 1.54) is 6.07 Å². The Morgan fingerprint density at radius 1 is 0.618 bits per heavy atom. The highest BCUT2D eigenvalue weighted by molar-refractivity contribution is 6.00. The summed E-state index contributed by atoms with van der Waals surface area (Å²) in [5.41, 5.74) is 8.49. The fraction of sp³-hybridized carbons (Fsp3) is 0.154. The van der Waals surface area contributed by atoms with Crippen LogP contribution in [-0.2, 0) is 13.1 Å². The van der Waals surface area contributed by atoms with E-state index in [4.69, 9.17) is 5.73 Å². The molecule has 0 saturated heterocycles. The van der Waals surface area contributed by atoms with Crippen LogP contribution in [-0.4, -0.2) is 30.2 Å². The molecule has 0 atom stereocenters. The largest absolute Gasteiger partial charge is 0.366 e. The second kappa shape index (κ2) is 11.4. The number of hydrogen-bond donors (Lipinski definition) is 4. The monoisotopic (exact) mass is 458 g/mol. The van der Waals surface area contributed by atoms with E-state index in [2.05, 4.69) is 16.0 Å². The Bertz CT molecular complexity index is 1210. The van der Waals surface area contributed by atoms with Gasteiger partial charge in [0, 0.05) is 41.9 Å². The van der Waals surface area contributed by atoms with Crippen molar-refractivity contribution in [2.45, 2.75) is 20.0 Å². The van der Waals surface area contributed by atoms with Crippen LogP contribution < -0.4 is 21.7 Å². The lowest BCUT2D eigenvalue weighted by atomic mass is 10.1. The van der Waals surface area contributed by atoms with Crippen LogP contribution in [0.15, 0.2) is 72.8 Å². The van der Waals surface area contributed by atoms with Crippen molar-refractivity contribution in [2.75, 3.05) is 6.54 Å². The Kier molecular flexibility index (Phi) is 8.12. The maximum atomic E-state index is 12.5. The SMILES string of the molecule is CCNC(=O)c1cccc(C(=O)NCc2ccc(CNC(=O)c3cccc(C(N)=O)c3)cc2)c1. The van der Waals surface area contributed by atoms with Crippen molar-refractivity contribution in [1.82, 2.24) is 16.0 Å². The summed E-state index contributed by atoms with van der Waals surface area (Å²) >= 11 is 0. The minimum Gasteiger partial charge on any atom is -0.366 e. The minimum absolute atomic E-state index is 0.222. The zero-order valence-electron chi connectivity index (χ0n) is 18.8. The van der Waals surface area contributed by atoms with E-state index >= 15 is 0 Å². The lowest BCUT2D eigenvalue weighted by Gasteiger charge is -2.09. The van der Waals surface area contributed by atoms with Crippen LogP contribution in [0.25, 0.3) is 0 Å². The minimum atomic E-state index is -0.591. The molecule has 3 aromatic rings. The van der Waals surface area contributed by atoms with Crippen LogP contribution in [0, 0.1) is 0 Å². The van der Waals surface area contributed by atoms with Gasteiger partial charge in [-0.2, -0.15) is 0 Å². The molecule has 34 heavy (non-hydrogen) atoms.